The Labute approximate surface area is 250 Å². The third-order valence-corrected chi connectivity index (χ3v) is 8.94. The molecular weight excluding hydrogens is 544 g/mol. The number of carbonyl (C=O) groups is 1. The van der Waals surface area contributed by atoms with E-state index in [-0.39, 0.29) is 5.91 Å². The van der Waals surface area contributed by atoms with Crippen LogP contribution in [0.25, 0.3) is 11.0 Å². The Morgan fingerprint density at radius 3 is 2.00 bits per heavy atom. The molecule has 0 unspecified atom stereocenters. The summed E-state index contributed by atoms with van der Waals surface area (Å²) in [5.41, 5.74) is 6.22. The first kappa shape index (κ1) is 31.1. The molecule has 1 amide bonds. The molecule has 4 rings (SSSR count). The Balaban J connectivity index is 1.70. The Hall–Kier alpha value is -3.82. The number of carbonyl (C=O) groups excluding carboxylic acids is 1. The number of nitrogens with zero attached hydrogens (tertiary/aromatic N) is 3. The molecule has 0 saturated heterocycles. The molecule has 42 heavy (non-hydrogen) atoms. The molecule has 0 aliphatic rings. The van der Waals surface area contributed by atoms with Gasteiger partial charge in [-0.05, 0) is 66.1 Å². The second kappa shape index (κ2) is 13.9. The fourth-order valence-electron chi connectivity index (χ4n) is 4.79. The Morgan fingerprint density at radius 2 is 1.50 bits per heavy atom. The van der Waals surface area contributed by atoms with Gasteiger partial charge in [0.05, 0.1) is 31.8 Å². The lowest BCUT2D eigenvalue weighted by molar-refractivity contribution is -0.119. The van der Waals surface area contributed by atoms with E-state index in [2.05, 4.69) is 77.7 Å². The molecule has 0 fully saturated rings. The average molecular weight is 589 g/mol. The summed E-state index contributed by atoms with van der Waals surface area (Å²) in [6, 6.07) is 21.7. The molecular formula is C33H44N4O4Si. The number of hydrogen-bond donors (Lipinski definition) is 1. The predicted octanol–water partition coefficient (Wildman–Crippen LogP) is 6.52. The monoisotopic (exact) mass is 588 g/mol. The van der Waals surface area contributed by atoms with Crippen LogP contribution in [0.3, 0.4) is 0 Å². The van der Waals surface area contributed by atoms with Crippen LogP contribution in [0.2, 0.25) is 25.7 Å². The van der Waals surface area contributed by atoms with Crippen LogP contribution in [-0.2, 0) is 35.9 Å². The number of methoxy groups -OCH3 is 2. The van der Waals surface area contributed by atoms with Crippen molar-refractivity contribution in [3.05, 3.63) is 83.0 Å². The van der Waals surface area contributed by atoms with E-state index in [9.17, 15) is 4.79 Å². The quantitative estimate of drug-likeness (QED) is 0.134. The maximum absolute atomic E-state index is 11.8. The second-order valence-corrected chi connectivity index (χ2v) is 17.5. The average Bonchev–Trinajstić information content (AvgIpc) is 3.29. The van der Waals surface area contributed by atoms with Crippen molar-refractivity contribution < 1.29 is 19.0 Å². The Kier molecular flexibility index (Phi) is 10.3. The fraction of sp³-hybridized carbons (Fsp3) is 0.394. The number of anilines is 1. The molecule has 2 aromatic carbocycles. The maximum Gasteiger partial charge on any atom is 0.217 e. The minimum absolute atomic E-state index is 0.0681. The molecule has 2 aromatic heterocycles. The van der Waals surface area contributed by atoms with Gasteiger partial charge < -0.3 is 29.0 Å². The molecule has 0 aliphatic carbocycles. The van der Waals surface area contributed by atoms with E-state index in [1.807, 2.05) is 24.3 Å². The molecule has 4 aromatic rings. The molecule has 8 nitrogen and oxygen atoms in total. The van der Waals surface area contributed by atoms with Crippen molar-refractivity contribution in [2.24, 2.45) is 0 Å². The molecule has 224 valence electrons. The third kappa shape index (κ3) is 8.36. The summed E-state index contributed by atoms with van der Waals surface area (Å²) in [6.07, 6.45) is 0. The predicted molar refractivity (Wildman–Crippen MR) is 172 cm³/mol. The highest BCUT2D eigenvalue weighted by molar-refractivity contribution is 6.76. The van der Waals surface area contributed by atoms with E-state index in [1.165, 1.54) is 6.92 Å². The van der Waals surface area contributed by atoms with E-state index in [0.717, 1.165) is 63.4 Å². The number of aromatic nitrogens is 2. The maximum atomic E-state index is 11.8. The van der Waals surface area contributed by atoms with Crippen molar-refractivity contribution in [2.45, 2.75) is 65.9 Å². The summed E-state index contributed by atoms with van der Waals surface area (Å²) < 4.78 is 19.0. The van der Waals surface area contributed by atoms with Gasteiger partial charge in [-0.25, -0.2) is 4.98 Å². The standard InChI is InChI=1S/C33H44N4O4Si/c1-24-18-32-31(19-28(20-34-25(2)38)37(32)23-41-16-17-42(5,6)7)35-33(24)36(21-26-8-12-29(39-3)13-9-26)22-27-10-14-30(40-4)15-11-27/h8-15,18-19H,16-17,20-23H2,1-7H3,(H,34,38). The molecule has 0 radical (unpaired) electrons. The van der Waals surface area contributed by atoms with E-state index < -0.39 is 8.07 Å². The zero-order valence-electron chi connectivity index (χ0n) is 26.0. The highest BCUT2D eigenvalue weighted by Gasteiger charge is 2.19. The zero-order chi connectivity index (χ0) is 30.3. The van der Waals surface area contributed by atoms with Crippen molar-refractivity contribution in [2.75, 3.05) is 25.7 Å². The number of aryl methyl sites for hydroxylation is 1. The zero-order valence-corrected chi connectivity index (χ0v) is 27.0. The van der Waals surface area contributed by atoms with Crippen molar-refractivity contribution in [1.29, 1.82) is 0 Å². The van der Waals surface area contributed by atoms with Crippen molar-refractivity contribution in [1.82, 2.24) is 14.9 Å². The van der Waals surface area contributed by atoms with Gasteiger partial charge in [0.25, 0.3) is 0 Å². The number of benzene rings is 2. The van der Waals surface area contributed by atoms with Crippen molar-refractivity contribution >= 4 is 30.8 Å². The number of nitrogens with one attached hydrogen (secondary N) is 1. The molecule has 0 aliphatic heterocycles. The van der Waals surface area contributed by atoms with Crippen LogP contribution < -0.4 is 19.7 Å². The summed E-state index contributed by atoms with van der Waals surface area (Å²) in [5, 5.41) is 2.95. The number of fused-ring (bicyclic) bond motifs is 1. The molecule has 9 heteroatoms. The smallest absolute Gasteiger partial charge is 0.217 e. The van der Waals surface area contributed by atoms with Crippen molar-refractivity contribution in [3.63, 3.8) is 0 Å². The third-order valence-electron chi connectivity index (χ3n) is 7.24. The number of amides is 1. The van der Waals surface area contributed by atoms with E-state index >= 15 is 0 Å². The van der Waals surface area contributed by atoms with Crippen LogP contribution in [0.1, 0.15) is 29.3 Å². The van der Waals surface area contributed by atoms with Crippen LogP contribution in [0.15, 0.2) is 60.7 Å². The van der Waals surface area contributed by atoms with Crippen LogP contribution >= 0.6 is 0 Å². The molecule has 0 bridgehead atoms. The van der Waals surface area contributed by atoms with Crippen LogP contribution in [0, 0.1) is 6.92 Å². The molecule has 0 atom stereocenters. The molecule has 0 saturated carbocycles. The summed E-state index contributed by atoms with van der Waals surface area (Å²) in [5.74, 6) is 2.51. The van der Waals surface area contributed by atoms with Gasteiger partial charge in [0, 0.05) is 40.4 Å². The van der Waals surface area contributed by atoms with Gasteiger partial charge in [0.1, 0.15) is 24.0 Å². The molecule has 1 N–H and O–H groups in total. The second-order valence-electron chi connectivity index (χ2n) is 11.9. The molecule has 2 heterocycles. The fourth-order valence-corrected chi connectivity index (χ4v) is 5.55. The Bertz CT molecular complexity index is 1430. The number of pyridine rings is 1. The summed E-state index contributed by atoms with van der Waals surface area (Å²) in [4.78, 5) is 19.3. The van der Waals surface area contributed by atoms with Crippen LogP contribution in [0.4, 0.5) is 5.82 Å². The molecule has 0 spiro atoms. The first-order valence-electron chi connectivity index (χ1n) is 14.4. The lowest BCUT2D eigenvalue weighted by Crippen LogP contribution is -2.24. The van der Waals surface area contributed by atoms with Crippen LogP contribution in [0.5, 0.6) is 11.5 Å². The largest absolute Gasteiger partial charge is 0.497 e. The topological polar surface area (TPSA) is 77.9 Å². The van der Waals surface area contributed by atoms with Gasteiger partial charge in [-0.1, -0.05) is 43.9 Å². The minimum Gasteiger partial charge on any atom is -0.497 e. The lowest BCUT2D eigenvalue weighted by Gasteiger charge is -2.26. The number of hydrogen-bond acceptors (Lipinski definition) is 6. The van der Waals surface area contributed by atoms with E-state index in [1.54, 1.807) is 14.2 Å². The summed E-state index contributed by atoms with van der Waals surface area (Å²) in [7, 11) is 2.15. The minimum atomic E-state index is -1.20. The lowest BCUT2D eigenvalue weighted by atomic mass is 10.1. The van der Waals surface area contributed by atoms with Gasteiger partial charge >= 0.3 is 0 Å². The highest BCUT2D eigenvalue weighted by Crippen LogP contribution is 2.29. The van der Waals surface area contributed by atoms with Gasteiger partial charge in [0.15, 0.2) is 0 Å². The summed E-state index contributed by atoms with van der Waals surface area (Å²) in [6.45, 7) is 13.6. The van der Waals surface area contributed by atoms with Gasteiger partial charge in [-0.3, -0.25) is 4.79 Å². The first-order valence-corrected chi connectivity index (χ1v) is 18.1. The van der Waals surface area contributed by atoms with Crippen LogP contribution in [-0.4, -0.2) is 44.4 Å². The SMILES string of the molecule is COc1ccc(CN(Cc2ccc(OC)cc2)c2nc3cc(CNC(C)=O)n(COCC[Si](C)(C)C)c3cc2C)cc1. The van der Waals surface area contributed by atoms with Gasteiger partial charge in [0.2, 0.25) is 5.91 Å². The van der Waals surface area contributed by atoms with E-state index in [0.29, 0.717) is 26.4 Å². The highest BCUT2D eigenvalue weighted by atomic mass is 28.3. The van der Waals surface area contributed by atoms with Gasteiger partial charge in [-0.2, -0.15) is 0 Å². The first-order chi connectivity index (χ1) is 20.1. The Morgan fingerprint density at radius 1 is 0.929 bits per heavy atom. The number of rotatable bonds is 14. The van der Waals surface area contributed by atoms with Gasteiger partial charge in [-0.15, -0.1) is 0 Å². The summed E-state index contributed by atoms with van der Waals surface area (Å²) >= 11 is 0. The van der Waals surface area contributed by atoms with E-state index in [4.69, 9.17) is 19.2 Å². The number of ether oxygens (including phenoxy) is 3. The van der Waals surface area contributed by atoms with Crippen molar-refractivity contribution in [3.8, 4) is 11.5 Å². The normalized spacial score (nSPS) is 11.5.